The van der Waals surface area contributed by atoms with Crippen LogP contribution in [0.2, 0.25) is 20.1 Å². The first kappa shape index (κ1) is 17.5. The number of sulfonamides is 1. The largest absolute Gasteiger partial charge is 0.495 e. The zero-order chi connectivity index (χ0) is 16.5. The van der Waals surface area contributed by atoms with E-state index in [0.29, 0.717) is 10.8 Å². The number of benzene rings is 2. The smallest absolute Gasteiger partial charge is 0.263 e. The molecule has 0 heterocycles. The number of hydrogen-bond donors (Lipinski definition) is 1. The normalized spacial score (nSPS) is 11.3. The Morgan fingerprint density at radius 2 is 1.59 bits per heavy atom. The summed E-state index contributed by atoms with van der Waals surface area (Å²) in [5.74, 6) is 0.309. The fourth-order valence-electron chi connectivity index (χ4n) is 1.67. The molecule has 22 heavy (non-hydrogen) atoms. The molecule has 9 heteroatoms. The molecule has 0 unspecified atom stereocenters. The van der Waals surface area contributed by atoms with Crippen LogP contribution in [0.5, 0.6) is 5.75 Å². The number of halogens is 4. The predicted octanol–water partition coefficient (Wildman–Crippen LogP) is 5.11. The van der Waals surface area contributed by atoms with Crippen LogP contribution in [0.3, 0.4) is 0 Å². The molecule has 2 aromatic carbocycles. The summed E-state index contributed by atoms with van der Waals surface area (Å²) in [5.41, 5.74) is 0.178. The van der Waals surface area contributed by atoms with Crippen LogP contribution in [0.1, 0.15) is 0 Å². The van der Waals surface area contributed by atoms with E-state index in [1.54, 1.807) is 6.07 Å². The molecule has 0 radical (unpaired) electrons. The van der Waals surface area contributed by atoms with Crippen LogP contribution in [-0.2, 0) is 10.0 Å². The topological polar surface area (TPSA) is 55.4 Å². The summed E-state index contributed by atoms with van der Waals surface area (Å²) in [6, 6.07) is 6.96. The van der Waals surface area contributed by atoms with Gasteiger partial charge in [0.2, 0.25) is 0 Å². The van der Waals surface area contributed by atoms with Gasteiger partial charge < -0.3 is 4.74 Å². The van der Waals surface area contributed by atoms with E-state index in [1.807, 2.05) is 0 Å². The Labute approximate surface area is 147 Å². The fraction of sp³-hybridized carbons (Fsp3) is 0.0769. The van der Waals surface area contributed by atoms with Gasteiger partial charge in [-0.05, 0) is 30.3 Å². The van der Waals surface area contributed by atoms with E-state index < -0.39 is 10.0 Å². The average Bonchev–Trinajstić information content (AvgIpc) is 2.42. The quantitative estimate of drug-likeness (QED) is 0.725. The molecule has 0 aliphatic carbocycles. The first-order chi connectivity index (χ1) is 10.2. The van der Waals surface area contributed by atoms with E-state index in [4.69, 9.17) is 51.1 Å². The summed E-state index contributed by atoms with van der Waals surface area (Å²) in [5, 5.41) is 0.525. The van der Waals surface area contributed by atoms with E-state index in [1.165, 1.54) is 31.4 Å². The third kappa shape index (κ3) is 3.73. The van der Waals surface area contributed by atoms with Gasteiger partial charge >= 0.3 is 0 Å². The van der Waals surface area contributed by atoms with Crippen molar-refractivity contribution in [2.24, 2.45) is 0 Å². The van der Waals surface area contributed by atoms with Crippen molar-refractivity contribution in [2.75, 3.05) is 11.8 Å². The van der Waals surface area contributed by atoms with Crippen molar-refractivity contribution < 1.29 is 13.2 Å². The second-order valence-corrected chi connectivity index (χ2v) is 7.46. The maximum Gasteiger partial charge on any atom is 0.263 e. The third-order valence-electron chi connectivity index (χ3n) is 2.67. The Kier molecular flexibility index (Phi) is 5.35. The van der Waals surface area contributed by atoms with Gasteiger partial charge in [-0.1, -0.05) is 46.4 Å². The second kappa shape index (κ2) is 6.72. The molecule has 0 aromatic heterocycles. The maximum atomic E-state index is 12.5. The molecule has 0 spiro atoms. The molecule has 0 fully saturated rings. The minimum atomic E-state index is -4.00. The molecule has 0 atom stereocenters. The minimum Gasteiger partial charge on any atom is -0.495 e. The van der Waals surface area contributed by atoms with Crippen molar-refractivity contribution in [3.8, 4) is 5.75 Å². The van der Waals surface area contributed by atoms with Gasteiger partial charge in [-0.25, -0.2) is 8.42 Å². The van der Waals surface area contributed by atoms with E-state index >= 15 is 0 Å². The van der Waals surface area contributed by atoms with Crippen LogP contribution in [0, 0.1) is 0 Å². The molecule has 0 aliphatic rings. The highest BCUT2D eigenvalue weighted by Crippen LogP contribution is 2.34. The second-order valence-electron chi connectivity index (χ2n) is 4.15. The summed E-state index contributed by atoms with van der Waals surface area (Å²) in [6.07, 6.45) is 0. The molecule has 0 amide bonds. The van der Waals surface area contributed by atoms with Crippen LogP contribution in [0.25, 0.3) is 0 Å². The molecule has 1 N–H and O–H groups in total. The van der Waals surface area contributed by atoms with Crippen molar-refractivity contribution in [1.29, 1.82) is 0 Å². The Balaban J connectivity index is 2.49. The van der Waals surface area contributed by atoms with Crippen molar-refractivity contribution in [3.05, 3.63) is 50.4 Å². The van der Waals surface area contributed by atoms with Crippen molar-refractivity contribution in [1.82, 2.24) is 0 Å². The highest BCUT2D eigenvalue weighted by Gasteiger charge is 2.21. The highest BCUT2D eigenvalue weighted by molar-refractivity contribution is 7.92. The van der Waals surface area contributed by atoms with Crippen LogP contribution in [0.4, 0.5) is 5.69 Å². The van der Waals surface area contributed by atoms with Gasteiger partial charge in [0.25, 0.3) is 10.0 Å². The van der Waals surface area contributed by atoms with Crippen LogP contribution >= 0.6 is 46.4 Å². The van der Waals surface area contributed by atoms with E-state index in [2.05, 4.69) is 4.72 Å². The molecule has 4 nitrogen and oxygen atoms in total. The molecule has 0 aliphatic heterocycles. The number of hydrogen-bond acceptors (Lipinski definition) is 3. The summed E-state index contributed by atoms with van der Waals surface area (Å²) >= 11 is 23.5. The standard InChI is InChI=1S/C13H9Cl4NO3S/c1-21-12-3-2-7(14)4-11(12)18-22(19,20)13-6-9(16)8(15)5-10(13)17/h2-6,18H,1H3. The van der Waals surface area contributed by atoms with Crippen LogP contribution < -0.4 is 9.46 Å². The summed E-state index contributed by atoms with van der Waals surface area (Å²) < 4.78 is 32.4. The Bertz CT molecular complexity index is 824. The Hall–Kier alpha value is -0.850. The molecule has 0 saturated carbocycles. The molecule has 2 aromatic rings. The fourth-order valence-corrected chi connectivity index (χ4v) is 3.91. The van der Waals surface area contributed by atoms with Crippen molar-refractivity contribution in [3.63, 3.8) is 0 Å². The number of anilines is 1. The average molecular weight is 401 g/mol. The van der Waals surface area contributed by atoms with Gasteiger partial charge in [0.05, 0.1) is 27.9 Å². The first-order valence-corrected chi connectivity index (χ1v) is 8.75. The monoisotopic (exact) mass is 399 g/mol. The lowest BCUT2D eigenvalue weighted by Gasteiger charge is -2.13. The first-order valence-electron chi connectivity index (χ1n) is 5.75. The van der Waals surface area contributed by atoms with Gasteiger partial charge in [-0.15, -0.1) is 0 Å². The number of nitrogens with one attached hydrogen (secondary N) is 1. The SMILES string of the molecule is COc1ccc(Cl)cc1NS(=O)(=O)c1cc(Cl)c(Cl)cc1Cl. The minimum absolute atomic E-state index is 0.0529. The van der Waals surface area contributed by atoms with Crippen molar-refractivity contribution >= 4 is 62.1 Å². The predicted molar refractivity (Wildman–Crippen MR) is 90.3 cm³/mol. The zero-order valence-electron chi connectivity index (χ0n) is 11.0. The highest BCUT2D eigenvalue weighted by atomic mass is 35.5. The number of ether oxygens (including phenoxy) is 1. The van der Waals surface area contributed by atoms with Crippen LogP contribution in [0.15, 0.2) is 35.2 Å². The van der Waals surface area contributed by atoms with Crippen molar-refractivity contribution in [2.45, 2.75) is 4.90 Å². The van der Waals surface area contributed by atoms with E-state index in [0.717, 1.165) is 0 Å². The van der Waals surface area contributed by atoms with Gasteiger partial charge in [0.1, 0.15) is 10.6 Å². The van der Waals surface area contributed by atoms with E-state index in [9.17, 15) is 8.42 Å². The van der Waals surface area contributed by atoms with Gasteiger partial charge in [0, 0.05) is 5.02 Å². The zero-order valence-corrected chi connectivity index (χ0v) is 14.9. The molecular weight excluding hydrogens is 392 g/mol. The van der Waals surface area contributed by atoms with Gasteiger partial charge in [-0.3, -0.25) is 4.72 Å². The van der Waals surface area contributed by atoms with E-state index in [-0.39, 0.29) is 25.7 Å². The Morgan fingerprint density at radius 1 is 0.955 bits per heavy atom. The van der Waals surface area contributed by atoms with Crippen LogP contribution in [-0.4, -0.2) is 15.5 Å². The summed E-state index contributed by atoms with van der Waals surface area (Å²) in [7, 11) is -2.59. The number of rotatable bonds is 4. The lowest BCUT2D eigenvalue weighted by molar-refractivity contribution is 0.417. The molecule has 2 rings (SSSR count). The molecular formula is C13H9Cl4NO3S. The lowest BCUT2D eigenvalue weighted by atomic mass is 10.3. The number of methoxy groups -OCH3 is 1. The summed E-state index contributed by atoms with van der Waals surface area (Å²) in [4.78, 5) is -0.203. The van der Waals surface area contributed by atoms with Gasteiger partial charge in [0.15, 0.2) is 0 Å². The molecule has 0 saturated heterocycles. The lowest BCUT2D eigenvalue weighted by Crippen LogP contribution is -2.14. The van der Waals surface area contributed by atoms with Gasteiger partial charge in [-0.2, -0.15) is 0 Å². The maximum absolute atomic E-state index is 12.5. The third-order valence-corrected chi connectivity index (χ3v) is 5.46. The summed E-state index contributed by atoms with van der Waals surface area (Å²) in [6.45, 7) is 0. The molecule has 0 bridgehead atoms. The Morgan fingerprint density at radius 3 is 2.23 bits per heavy atom. The molecule has 118 valence electrons.